The summed E-state index contributed by atoms with van der Waals surface area (Å²) in [5, 5.41) is 8.62. The Kier molecular flexibility index (Phi) is 3.79. The molecule has 0 atom stereocenters. The van der Waals surface area contributed by atoms with Crippen LogP contribution >= 0.6 is 11.8 Å². The lowest BCUT2D eigenvalue weighted by atomic mass is 10.2. The summed E-state index contributed by atoms with van der Waals surface area (Å²) in [5.74, 6) is 0.0521. The number of nitrogens with two attached hydrogens (primary N) is 2. The largest absolute Gasteiger partial charge is 0.398 e. The molecule has 1 amide bonds. The minimum atomic E-state index is -0.533. The fourth-order valence-electron chi connectivity index (χ4n) is 1.00. The zero-order valence-electron chi connectivity index (χ0n) is 7.56. The molecule has 76 valence electrons. The second-order valence-corrected chi connectivity index (χ2v) is 3.85. The SMILES string of the molecule is NC(=O)c1cc(SCCO)ccc1N. The number of carbonyl (C=O) groups excluding carboxylic acids is 1. The van der Waals surface area contributed by atoms with Gasteiger partial charge in [0.1, 0.15) is 0 Å². The van der Waals surface area contributed by atoms with E-state index in [2.05, 4.69) is 0 Å². The molecule has 1 aromatic rings. The van der Waals surface area contributed by atoms with Crippen LogP contribution in [0.2, 0.25) is 0 Å². The van der Waals surface area contributed by atoms with Gasteiger partial charge in [0.05, 0.1) is 12.2 Å². The van der Waals surface area contributed by atoms with Crippen LogP contribution in [0, 0.1) is 0 Å². The maximum Gasteiger partial charge on any atom is 0.250 e. The van der Waals surface area contributed by atoms with Crippen molar-refractivity contribution in [3.05, 3.63) is 23.8 Å². The van der Waals surface area contributed by atoms with Crippen molar-refractivity contribution in [2.45, 2.75) is 4.90 Å². The highest BCUT2D eigenvalue weighted by Gasteiger charge is 2.06. The van der Waals surface area contributed by atoms with Gasteiger partial charge in [-0.1, -0.05) is 0 Å². The van der Waals surface area contributed by atoms with Crippen LogP contribution in [0.5, 0.6) is 0 Å². The molecule has 0 spiro atoms. The highest BCUT2D eigenvalue weighted by molar-refractivity contribution is 7.99. The standard InChI is InChI=1S/C9H12N2O2S/c10-8-2-1-6(14-4-3-12)5-7(8)9(11)13/h1-2,5,12H,3-4,10H2,(H2,11,13). The van der Waals surface area contributed by atoms with E-state index in [1.807, 2.05) is 0 Å². The van der Waals surface area contributed by atoms with Crippen LogP contribution in [0.4, 0.5) is 5.69 Å². The lowest BCUT2D eigenvalue weighted by molar-refractivity contribution is 0.100. The minimum absolute atomic E-state index is 0.0982. The summed E-state index contributed by atoms with van der Waals surface area (Å²) in [6.07, 6.45) is 0. The Morgan fingerprint density at radius 3 is 2.79 bits per heavy atom. The van der Waals surface area contributed by atoms with Crippen molar-refractivity contribution < 1.29 is 9.90 Å². The lowest BCUT2D eigenvalue weighted by Gasteiger charge is -2.04. The van der Waals surface area contributed by atoms with Gasteiger partial charge >= 0.3 is 0 Å². The van der Waals surface area contributed by atoms with Gasteiger partial charge in [-0.15, -0.1) is 11.8 Å². The number of aliphatic hydroxyl groups excluding tert-OH is 1. The van der Waals surface area contributed by atoms with Crippen molar-refractivity contribution in [3.8, 4) is 0 Å². The van der Waals surface area contributed by atoms with Crippen LogP contribution in [-0.2, 0) is 0 Å². The number of thioether (sulfide) groups is 1. The summed E-state index contributed by atoms with van der Waals surface area (Å²) in [6, 6.07) is 5.07. The van der Waals surface area contributed by atoms with E-state index in [1.54, 1.807) is 18.2 Å². The van der Waals surface area contributed by atoms with E-state index in [-0.39, 0.29) is 6.61 Å². The first-order valence-corrected chi connectivity index (χ1v) is 5.06. The number of primary amides is 1. The molecule has 14 heavy (non-hydrogen) atoms. The number of benzene rings is 1. The molecule has 0 bridgehead atoms. The molecule has 0 saturated carbocycles. The van der Waals surface area contributed by atoms with Gasteiger partial charge < -0.3 is 16.6 Å². The Hall–Kier alpha value is -1.20. The van der Waals surface area contributed by atoms with Crippen LogP contribution in [-0.4, -0.2) is 23.4 Å². The molecule has 0 aliphatic rings. The van der Waals surface area contributed by atoms with Crippen molar-refractivity contribution >= 4 is 23.4 Å². The third-order valence-corrected chi connectivity index (χ3v) is 2.62. The molecule has 0 aromatic heterocycles. The van der Waals surface area contributed by atoms with E-state index in [1.165, 1.54) is 11.8 Å². The average Bonchev–Trinajstić information content (AvgIpc) is 2.16. The fraction of sp³-hybridized carbons (Fsp3) is 0.222. The molecule has 1 aromatic carbocycles. The summed E-state index contributed by atoms with van der Waals surface area (Å²) >= 11 is 1.45. The number of hydrogen-bond acceptors (Lipinski definition) is 4. The van der Waals surface area contributed by atoms with E-state index in [9.17, 15) is 4.79 Å². The summed E-state index contributed by atoms with van der Waals surface area (Å²) in [7, 11) is 0. The molecule has 4 nitrogen and oxygen atoms in total. The zero-order chi connectivity index (χ0) is 10.6. The predicted octanol–water partition coefficient (Wildman–Crippen LogP) is 0.452. The minimum Gasteiger partial charge on any atom is -0.398 e. The highest BCUT2D eigenvalue weighted by atomic mass is 32.2. The van der Waals surface area contributed by atoms with Crippen molar-refractivity contribution in [1.29, 1.82) is 0 Å². The first-order valence-electron chi connectivity index (χ1n) is 4.08. The van der Waals surface area contributed by atoms with Gasteiger partial charge in [-0.2, -0.15) is 0 Å². The van der Waals surface area contributed by atoms with E-state index >= 15 is 0 Å². The quantitative estimate of drug-likeness (QED) is 0.499. The normalized spacial score (nSPS) is 10.1. The first kappa shape index (κ1) is 10.9. The molecular formula is C9H12N2O2S. The van der Waals surface area contributed by atoms with Gasteiger partial charge in [0.2, 0.25) is 0 Å². The van der Waals surface area contributed by atoms with Gasteiger partial charge in [-0.05, 0) is 18.2 Å². The number of amides is 1. The fourth-order valence-corrected chi connectivity index (χ4v) is 1.69. The highest BCUT2D eigenvalue weighted by Crippen LogP contribution is 2.22. The van der Waals surface area contributed by atoms with Crippen molar-refractivity contribution in [2.75, 3.05) is 18.1 Å². The van der Waals surface area contributed by atoms with Crippen LogP contribution in [0.1, 0.15) is 10.4 Å². The maximum atomic E-state index is 10.9. The number of hydrogen-bond donors (Lipinski definition) is 3. The second kappa shape index (κ2) is 4.88. The van der Waals surface area contributed by atoms with Crippen molar-refractivity contribution in [2.24, 2.45) is 5.73 Å². The monoisotopic (exact) mass is 212 g/mol. The lowest BCUT2D eigenvalue weighted by Crippen LogP contribution is -2.13. The van der Waals surface area contributed by atoms with E-state index in [4.69, 9.17) is 16.6 Å². The molecule has 0 radical (unpaired) electrons. The first-order chi connectivity index (χ1) is 6.65. The molecule has 0 saturated heterocycles. The number of aliphatic hydroxyl groups is 1. The molecule has 1 rings (SSSR count). The third-order valence-electron chi connectivity index (χ3n) is 1.65. The number of anilines is 1. The summed E-state index contributed by atoms with van der Waals surface area (Å²) in [5.41, 5.74) is 11.4. The van der Waals surface area contributed by atoms with E-state index in [0.717, 1.165) is 4.90 Å². The summed E-state index contributed by atoms with van der Waals surface area (Å²) in [6.45, 7) is 0.0982. The van der Waals surface area contributed by atoms with Crippen LogP contribution < -0.4 is 11.5 Å². The number of nitrogen functional groups attached to an aromatic ring is 1. The maximum absolute atomic E-state index is 10.9. The van der Waals surface area contributed by atoms with Crippen LogP contribution in [0.25, 0.3) is 0 Å². The average molecular weight is 212 g/mol. The Balaban J connectivity index is 2.89. The van der Waals surface area contributed by atoms with Gasteiger partial charge in [0.25, 0.3) is 5.91 Å². The predicted molar refractivity (Wildman–Crippen MR) is 57.2 cm³/mol. The summed E-state index contributed by atoms with van der Waals surface area (Å²) < 4.78 is 0. The van der Waals surface area contributed by atoms with Gasteiger partial charge in [0, 0.05) is 16.3 Å². The molecule has 5 N–H and O–H groups in total. The van der Waals surface area contributed by atoms with Crippen molar-refractivity contribution in [1.82, 2.24) is 0 Å². The Bertz CT molecular complexity index is 342. The molecule has 0 aliphatic carbocycles. The van der Waals surface area contributed by atoms with Crippen LogP contribution in [0.3, 0.4) is 0 Å². The second-order valence-electron chi connectivity index (χ2n) is 2.69. The molecule has 0 aliphatic heterocycles. The topological polar surface area (TPSA) is 89.3 Å². The van der Waals surface area contributed by atoms with Crippen molar-refractivity contribution in [3.63, 3.8) is 0 Å². The molecule has 0 fully saturated rings. The van der Waals surface area contributed by atoms with Crippen LogP contribution in [0.15, 0.2) is 23.1 Å². The van der Waals surface area contributed by atoms with E-state index < -0.39 is 5.91 Å². The zero-order valence-corrected chi connectivity index (χ0v) is 8.38. The molecule has 0 unspecified atom stereocenters. The van der Waals surface area contributed by atoms with Gasteiger partial charge in [-0.3, -0.25) is 4.79 Å². The van der Waals surface area contributed by atoms with Gasteiger partial charge in [-0.25, -0.2) is 0 Å². The molecule has 0 heterocycles. The smallest absolute Gasteiger partial charge is 0.250 e. The van der Waals surface area contributed by atoms with Gasteiger partial charge in [0.15, 0.2) is 0 Å². The Morgan fingerprint density at radius 2 is 2.21 bits per heavy atom. The third kappa shape index (κ3) is 2.65. The Morgan fingerprint density at radius 1 is 1.50 bits per heavy atom. The molecular weight excluding hydrogens is 200 g/mol. The number of carbonyl (C=O) groups is 1. The molecule has 5 heteroatoms. The van der Waals surface area contributed by atoms with E-state index in [0.29, 0.717) is 17.0 Å². The number of rotatable bonds is 4. The summed E-state index contributed by atoms with van der Waals surface area (Å²) in [4.78, 5) is 11.8. The Labute approximate surface area is 86.3 Å².